The molecule has 0 unspecified atom stereocenters. The maximum absolute atomic E-state index is 12.3. The minimum Gasteiger partial charge on any atom is -0.497 e. The molecule has 0 bridgehead atoms. The number of amides is 1. The Balaban J connectivity index is 1.68. The van der Waals surface area contributed by atoms with E-state index >= 15 is 0 Å². The number of nitrogens with zero attached hydrogens (tertiary/aromatic N) is 2. The number of carbonyl (C=O) groups is 1. The summed E-state index contributed by atoms with van der Waals surface area (Å²) in [6.45, 7) is 0.631. The van der Waals surface area contributed by atoms with Gasteiger partial charge in [-0.3, -0.25) is 4.79 Å². The van der Waals surface area contributed by atoms with Crippen molar-refractivity contribution in [1.82, 2.24) is 9.78 Å². The molecule has 1 amide bonds. The number of fused-ring (bicyclic) bond motifs is 1. The standard InChI is InChI=1S/C20H19N3O2/c1-25-16-9-7-15(8-10-16)17-11-19(24)22-20-18(17)12-21-23(20)13-14-5-3-2-4-6-14/h2-10,12,17H,11,13H2,1H3,(H,22,24)/t17-/m0/s1. The molecule has 2 heterocycles. The van der Waals surface area contributed by atoms with Gasteiger partial charge in [0, 0.05) is 17.9 Å². The zero-order valence-electron chi connectivity index (χ0n) is 14.0. The second-order valence-electron chi connectivity index (χ2n) is 6.17. The van der Waals surface area contributed by atoms with Gasteiger partial charge < -0.3 is 10.1 Å². The molecule has 1 aromatic heterocycles. The van der Waals surface area contributed by atoms with Crippen LogP contribution in [-0.2, 0) is 11.3 Å². The van der Waals surface area contributed by atoms with Crippen molar-refractivity contribution in [3.8, 4) is 5.75 Å². The monoisotopic (exact) mass is 333 g/mol. The van der Waals surface area contributed by atoms with E-state index in [0.29, 0.717) is 13.0 Å². The number of hydrogen-bond donors (Lipinski definition) is 1. The fraction of sp³-hybridized carbons (Fsp3) is 0.200. The van der Waals surface area contributed by atoms with E-state index in [-0.39, 0.29) is 11.8 Å². The lowest BCUT2D eigenvalue weighted by Crippen LogP contribution is -2.25. The first-order valence-corrected chi connectivity index (χ1v) is 8.28. The number of ether oxygens (including phenoxy) is 1. The Kier molecular flexibility index (Phi) is 3.98. The molecule has 4 rings (SSSR count). The van der Waals surface area contributed by atoms with Gasteiger partial charge >= 0.3 is 0 Å². The highest BCUT2D eigenvalue weighted by atomic mass is 16.5. The molecule has 0 saturated carbocycles. The lowest BCUT2D eigenvalue weighted by Gasteiger charge is -2.24. The molecule has 3 aromatic rings. The second-order valence-corrected chi connectivity index (χ2v) is 6.17. The van der Waals surface area contributed by atoms with Crippen molar-refractivity contribution >= 4 is 11.7 Å². The highest BCUT2D eigenvalue weighted by Crippen LogP contribution is 2.37. The molecule has 5 heteroatoms. The van der Waals surface area contributed by atoms with Crippen LogP contribution in [0.15, 0.2) is 60.8 Å². The van der Waals surface area contributed by atoms with Crippen LogP contribution in [0.25, 0.3) is 0 Å². The molecule has 0 spiro atoms. The number of aromatic nitrogens is 2. The van der Waals surface area contributed by atoms with Gasteiger partial charge in [0.2, 0.25) is 5.91 Å². The molecule has 1 N–H and O–H groups in total. The third-order valence-electron chi connectivity index (χ3n) is 4.58. The maximum atomic E-state index is 12.3. The number of methoxy groups -OCH3 is 1. The number of nitrogens with one attached hydrogen (secondary N) is 1. The summed E-state index contributed by atoms with van der Waals surface area (Å²) in [6, 6.07) is 18.0. The number of anilines is 1. The molecule has 1 atom stereocenters. The summed E-state index contributed by atoms with van der Waals surface area (Å²) < 4.78 is 7.08. The van der Waals surface area contributed by atoms with E-state index in [2.05, 4.69) is 22.5 Å². The van der Waals surface area contributed by atoms with Crippen molar-refractivity contribution in [1.29, 1.82) is 0 Å². The van der Waals surface area contributed by atoms with E-state index in [1.165, 1.54) is 0 Å². The Morgan fingerprint density at radius 2 is 1.92 bits per heavy atom. The number of rotatable bonds is 4. The molecule has 1 aliphatic rings. The van der Waals surface area contributed by atoms with Gasteiger partial charge in [-0.15, -0.1) is 0 Å². The molecular weight excluding hydrogens is 314 g/mol. The van der Waals surface area contributed by atoms with Crippen LogP contribution in [0.4, 0.5) is 5.82 Å². The molecular formula is C20H19N3O2. The minimum absolute atomic E-state index is 0.0131. The predicted molar refractivity (Wildman–Crippen MR) is 95.9 cm³/mol. The highest BCUT2D eigenvalue weighted by molar-refractivity contribution is 5.94. The van der Waals surface area contributed by atoms with Gasteiger partial charge in [-0.1, -0.05) is 42.5 Å². The molecule has 0 fully saturated rings. The maximum Gasteiger partial charge on any atom is 0.226 e. The van der Waals surface area contributed by atoms with Gasteiger partial charge in [0.15, 0.2) is 0 Å². The predicted octanol–water partition coefficient (Wildman–Crippen LogP) is 3.41. The molecule has 2 aromatic carbocycles. The Bertz CT molecular complexity index is 885. The Labute approximate surface area is 146 Å². The number of benzene rings is 2. The fourth-order valence-electron chi connectivity index (χ4n) is 3.28. The van der Waals surface area contributed by atoms with Crippen molar-refractivity contribution in [3.05, 3.63) is 77.5 Å². The van der Waals surface area contributed by atoms with Crippen molar-refractivity contribution in [2.75, 3.05) is 12.4 Å². The van der Waals surface area contributed by atoms with Gasteiger partial charge in [0.05, 0.1) is 19.9 Å². The van der Waals surface area contributed by atoms with Crippen LogP contribution in [-0.4, -0.2) is 22.8 Å². The van der Waals surface area contributed by atoms with Crippen molar-refractivity contribution in [2.45, 2.75) is 18.9 Å². The zero-order chi connectivity index (χ0) is 17.2. The Morgan fingerprint density at radius 1 is 1.16 bits per heavy atom. The Hall–Kier alpha value is -3.08. The molecule has 0 aliphatic carbocycles. The van der Waals surface area contributed by atoms with Crippen LogP contribution >= 0.6 is 0 Å². The van der Waals surface area contributed by atoms with Crippen molar-refractivity contribution < 1.29 is 9.53 Å². The van der Waals surface area contributed by atoms with Crippen LogP contribution in [0.1, 0.15) is 29.0 Å². The van der Waals surface area contributed by atoms with Crippen LogP contribution in [0.2, 0.25) is 0 Å². The highest BCUT2D eigenvalue weighted by Gasteiger charge is 2.29. The van der Waals surface area contributed by atoms with Crippen LogP contribution in [0.3, 0.4) is 0 Å². The molecule has 5 nitrogen and oxygen atoms in total. The van der Waals surface area contributed by atoms with Crippen LogP contribution in [0.5, 0.6) is 5.75 Å². The largest absolute Gasteiger partial charge is 0.497 e. The molecule has 1 aliphatic heterocycles. The fourth-order valence-corrected chi connectivity index (χ4v) is 3.28. The van der Waals surface area contributed by atoms with E-state index in [1.54, 1.807) is 7.11 Å². The summed E-state index contributed by atoms with van der Waals surface area (Å²) >= 11 is 0. The first-order chi connectivity index (χ1) is 12.2. The van der Waals surface area contributed by atoms with Crippen molar-refractivity contribution in [3.63, 3.8) is 0 Å². The molecule has 0 radical (unpaired) electrons. The third-order valence-corrected chi connectivity index (χ3v) is 4.58. The average Bonchev–Trinajstić information content (AvgIpc) is 3.04. The lowest BCUT2D eigenvalue weighted by atomic mass is 9.87. The van der Waals surface area contributed by atoms with Gasteiger partial charge in [-0.25, -0.2) is 4.68 Å². The lowest BCUT2D eigenvalue weighted by molar-refractivity contribution is -0.116. The summed E-state index contributed by atoms with van der Waals surface area (Å²) in [7, 11) is 1.65. The summed E-state index contributed by atoms with van der Waals surface area (Å²) in [6.07, 6.45) is 2.29. The van der Waals surface area contributed by atoms with Gasteiger partial charge in [0.25, 0.3) is 0 Å². The normalized spacial score (nSPS) is 16.2. The van der Waals surface area contributed by atoms with E-state index < -0.39 is 0 Å². The van der Waals surface area contributed by atoms with Crippen LogP contribution in [0, 0.1) is 0 Å². The quantitative estimate of drug-likeness (QED) is 0.796. The minimum atomic E-state index is 0.0131. The second kappa shape index (κ2) is 6.43. The SMILES string of the molecule is COc1ccc([C@@H]2CC(=O)Nc3c2cnn3Cc2ccccc2)cc1. The van der Waals surface area contributed by atoms with Gasteiger partial charge in [-0.05, 0) is 23.3 Å². The zero-order valence-corrected chi connectivity index (χ0v) is 14.0. The molecule has 0 saturated heterocycles. The van der Waals surface area contributed by atoms with E-state index in [4.69, 9.17) is 4.74 Å². The summed E-state index contributed by atoms with van der Waals surface area (Å²) in [5.74, 6) is 1.63. The van der Waals surface area contributed by atoms with Crippen molar-refractivity contribution in [2.24, 2.45) is 0 Å². The smallest absolute Gasteiger partial charge is 0.226 e. The third kappa shape index (κ3) is 3.01. The number of hydrogen-bond acceptors (Lipinski definition) is 3. The topological polar surface area (TPSA) is 56.1 Å². The summed E-state index contributed by atoms with van der Waals surface area (Å²) in [4.78, 5) is 12.3. The summed E-state index contributed by atoms with van der Waals surface area (Å²) in [5.41, 5.74) is 3.30. The Morgan fingerprint density at radius 3 is 2.64 bits per heavy atom. The van der Waals surface area contributed by atoms with E-state index in [1.807, 2.05) is 53.3 Å². The average molecular weight is 333 g/mol. The van der Waals surface area contributed by atoms with Gasteiger partial charge in [-0.2, -0.15) is 5.10 Å². The summed E-state index contributed by atoms with van der Waals surface area (Å²) in [5, 5.41) is 7.50. The first-order valence-electron chi connectivity index (χ1n) is 8.28. The van der Waals surface area contributed by atoms with Gasteiger partial charge in [0.1, 0.15) is 11.6 Å². The van der Waals surface area contributed by atoms with E-state index in [9.17, 15) is 4.79 Å². The first kappa shape index (κ1) is 15.4. The molecule has 126 valence electrons. The van der Waals surface area contributed by atoms with Crippen LogP contribution < -0.4 is 10.1 Å². The number of carbonyl (C=O) groups excluding carboxylic acids is 1. The van der Waals surface area contributed by atoms with E-state index in [0.717, 1.165) is 28.3 Å². The molecule has 25 heavy (non-hydrogen) atoms.